The summed E-state index contributed by atoms with van der Waals surface area (Å²) in [6.45, 7) is 0.661. The highest BCUT2D eigenvalue weighted by Crippen LogP contribution is 2.53. The number of ether oxygens (including phenoxy) is 2. The number of nitrogens with two attached hydrogens (primary N) is 1. The summed E-state index contributed by atoms with van der Waals surface area (Å²) in [5.41, 5.74) is 7.14. The van der Waals surface area contributed by atoms with E-state index < -0.39 is 0 Å². The molecule has 0 amide bonds. The van der Waals surface area contributed by atoms with Gasteiger partial charge < -0.3 is 15.2 Å². The van der Waals surface area contributed by atoms with Crippen molar-refractivity contribution < 1.29 is 9.47 Å². The van der Waals surface area contributed by atoms with E-state index in [-0.39, 0.29) is 5.41 Å². The lowest BCUT2D eigenvalue weighted by Gasteiger charge is -2.19. The van der Waals surface area contributed by atoms with Gasteiger partial charge in [0.1, 0.15) is 11.5 Å². The van der Waals surface area contributed by atoms with Gasteiger partial charge in [0.2, 0.25) is 0 Å². The quantitative estimate of drug-likeness (QED) is 0.924. The van der Waals surface area contributed by atoms with Crippen molar-refractivity contribution in [1.82, 2.24) is 0 Å². The Hall–Kier alpha value is -0.740. The third kappa shape index (κ3) is 1.80. The molecule has 1 aromatic carbocycles. The molecule has 0 unspecified atom stereocenters. The van der Waals surface area contributed by atoms with E-state index in [0.717, 1.165) is 28.8 Å². The largest absolute Gasteiger partial charge is 0.497 e. The molecule has 0 saturated heterocycles. The molecule has 0 aromatic heterocycles. The van der Waals surface area contributed by atoms with E-state index in [1.807, 2.05) is 12.1 Å². The van der Waals surface area contributed by atoms with Crippen LogP contribution in [-0.4, -0.2) is 20.8 Å². The van der Waals surface area contributed by atoms with Crippen LogP contribution in [0.4, 0.5) is 0 Å². The fraction of sp³-hybridized carbons (Fsp3) is 0.500. The Morgan fingerprint density at radius 1 is 1.31 bits per heavy atom. The van der Waals surface area contributed by atoms with E-state index >= 15 is 0 Å². The maximum absolute atomic E-state index is 5.86. The first-order valence-corrected chi connectivity index (χ1v) is 6.08. The van der Waals surface area contributed by atoms with Gasteiger partial charge in [-0.15, -0.1) is 0 Å². The average molecular weight is 286 g/mol. The van der Waals surface area contributed by atoms with Crippen molar-refractivity contribution >= 4 is 15.9 Å². The Bertz CT molecular complexity index is 402. The summed E-state index contributed by atoms with van der Waals surface area (Å²) >= 11 is 3.58. The summed E-state index contributed by atoms with van der Waals surface area (Å²) in [7, 11) is 3.33. The Labute approximate surface area is 104 Å². The third-order valence-electron chi connectivity index (χ3n) is 3.26. The van der Waals surface area contributed by atoms with Crippen LogP contribution in [0.5, 0.6) is 11.5 Å². The van der Waals surface area contributed by atoms with E-state index in [1.54, 1.807) is 14.2 Å². The summed E-state index contributed by atoms with van der Waals surface area (Å²) < 4.78 is 11.7. The van der Waals surface area contributed by atoms with Gasteiger partial charge in [-0.05, 0) is 18.9 Å². The minimum Gasteiger partial charge on any atom is -0.497 e. The van der Waals surface area contributed by atoms with E-state index in [0.29, 0.717) is 6.54 Å². The van der Waals surface area contributed by atoms with Gasteiger partial charge in [-0.1, -0.05) is 15.9 Å². The molecule has 2 rings (SSSR count). The molecule has 4 heteroatoms. The fourth-order valence-electron chi connectivity index (χ4n) is 2.06. The molecule has 0 spiro atoms. The number of methoxy groups -OCH3 is 2. The number of hydrogen-bond donors (Lipinski definition) is 1. The Kier molecular flexibility index (Phi) is 3.13. The molecule has 1 aromatic rings. The summed E-state index contributed by atoms with van der Waals surface area (Å²) in [6, 6.07) is 3.88. The molecule has 1 saturated carbocycles. The van der Waals surface area contributed by atoms with Crippen molar-refractivity contribution in [3.63, 3.8) is 0 Å². The van der Waals surface area contributed by atoms with E-state index in [9.17, 15) is 0 Å². The van der Waals surface area contributed by atoms with Crippen molar-refractivity contribution in [2.75, 3.05) is 20.8 Å². The van der Waals surface area contributed by atoms with Crippen molar-refractivity contribution in [3.8, 4) is 11.5 Å². The van der Waals surface area contributed by atoms with Gasteiger partial charge in [0, 0.05) is 28.1 Å². The smallest absolute Gasteiger partial charge is 0.127 e. The van der Waals surface area contributed by atoms with Gasteiger partial charge in [0.15, 0.2) is 0 Å². The Balaban J connectivity index is 2.51. The highest BCUT2D eigenvalue weighted by atomic mass is 79.9. The number of rotatable bonds is 4. The fourth-order valence-corrected chi connectivity index (χ4v) is 2.90. The van der Waals surface area contributed by atoms with Gasteiger partial charge in [-0.2, -0.15) is 0 Å². The van der Waals surface area contributed by atoms with Crippen molar-refractivity contribution in [2.45, 2.75) is 18.3 Å². The molecular weight excluding hydrogens is 270 g/mol. The number of benzene rings is 1. The van der Waals surface area contributed by atoms with Crippen molar-refractivity contribution in [3.05, 3.63) is 22.2 Å². The minimum absolute atomic E-state index is 0.108. The van der Waals surface area contributed by atoms with Gasteiger partial charge in [0.05, 0.1) is 14.2 Å². The molecule has 2 N–H and O–H groups in total. The molecular formula is C12H16BrNO2. The standard InChI is InChI=1S/C12H16BrNO2/c1-15-8-5-9(13)11(10(6-8)16-2)12(7-14)3-4-12/h5-6H,3-4,7,14H2,1-2H3. The summed E-state index contributed by atoms with van der Waals surface area (Å²) in [5, 5.41) is 0. The lowest BCUT2D eigenvalue weighted by molar-refractivity contribution is 0.386. The van der Waals surface area contributed by atoms with E-state index in [1.165, 1.54) is 5.56 Å². The van der Waals surface area contributed by atoms with Gasteiger partial charge in [-0.3, -0.25) is 0 Å². The molecule has 0 heterocycles. The van der Waals surface area contributed by atoms with Crippen LogP contribution >= 0.6 is 15.9 Å². The van der Waals surface area contributed by atoms with Crippen molar-refractivity contribution in [2.24, 2.45) is 5.73 Å². The van der Waals surface area contributed by atoms with Crippen LogP contribution in [0.2, 0.25) is 0 Å². The molecule has 0 radical (unpaired) electrons. The lowest BCUT2D eigenvalue weighted by Crippen LogP contribution is -2.21. The predicted octanol–water partition coefficient (Wildman–Crippen LogP) is 2.46. The van der Waals surface area contributed by atoms with Crippen LogP contribution in [-0.2, 0) is 5.41 Å². The molecule has 88 valence electrons. The predicted molar refractivity (Wildman–Crippen MR) is 67.2 cm³/mol. The third-order valence-corrected chi connectivity index (χ3v) is 3.88. The zero-order valence-corrected chi connectivity index (χ0v) is 11.1. The maximum Gasteiger partial charge on any atom is 0.127 e. The molecule has 1 aliphatic carbocycles. The number of halogens is 1. The summed E-state index contributed by atoms with van der Waals surface area (Å²) in [4.78, 5) is 0. The highest BCUT2D eigenvalue weighted by molar-refractivity contribution is 9.10. The zero-order chi connectivity index (χ0) is 11.8. The van der Waals surface area contributed by atoms with Crippen LogP contribution in [0.1, 0.15) is 18.4 Å². The van der Waals surface area contributed by atoms with Gasteiger partial charge >= 0.3 is 0 Å². The molecule has 0 bridgehead atoms. The first-order chi connectivity index (χ1) is 7.66. The Morgan fingerprint density at radius 2 is 2.00 bits per heavy atom. The van der Waals surface area contributed by atoms with Crippen LogP contribution in [0.3, 0.4) is 0 Å². The van der Waals surface area contributed by atoms with Crippen molar-refractivity contribution in [1.29, 1.82) is 0 Å². The molecule has 1 aliphatic rings. The second kappa shape index (κ2) is 4.26. The zero-order valence-electron chi connectivity index (χ0n) is 9.55. The summed E-state index contributed by atoms with van der Waals surface area (Å²) in [6.07, 6.45) is 2.26. The van der Waals surface area contributed by atoms with Gasteiger partial charge in [-0.25, -0.2) is 0 Å². The van der Waals surface area contributed by atoms with Crippen LogP contribution in [0.25, 0.3) is 0 Å². The van der Waals surface area contributed by atoms with E-state index in [4.69, 9.17) is 15.2 Å². The monoisotopic (exact) mass is 285 g/mol. The lowest BCUT2D eigenvalue weighted by atomic mass is 9.95. The van der Waals surface area contributed by atoms with E-state index in [2.05, 4.69) is 15.9 Å². The topological polar surface area (TPSA) is 44.5 Å². The molecule has 0 aliphatic heterocycles. The maximum atomic E-state index is 5.86. The summed E-state index contributed by atoms with van der Waals surface area (Å²) in [5.74, 6) is 1.65. The second-order valence-corrected chi connectivity index (χ2v) is 5.03. The molecule has 0 atom stereocenters. The van der Waals surface area contributed by atoms with Crippen LogP contribution < -0.4 is 15.2 Å². The SMILES string of the molecule is COc1cc(Br)c(C2(CN)CC2)c(OC)c1. The van der Waals surface area contributed by atoms with Crippen LogP contribution in [0.15, 0.2) is 16.6 Å². The molecule has 3 nitrogen and oxygen atoms in total. The molecule has 16 heavy (non-hydrogen) atoms. The van der Waals surface area contributed by atoms with Crippen LogP contribution in [0, 0.1) is 0 Å². The van der Waals surface area contributed by atoms with Gasteiger partial charge in [0.25, 0.3) is 0 Å². The number of hydrogen-bond acceptors (Lipinski definition) is 3. The Morgan fingerprint density at radius 3 is 2.44 bits per heavy atom. The first-order valence-electron chi connectivity index (χ1n) is 5.29. The first kappa shape index (κ1) is 11.7. The second-order valence-electron chi connectivity index (χ2n) is 4.17. The minimum atomic E-state index is 0.108. The molecule has 1 fully saturated rings. The normalized spacial score (nSPS) is 17.0. The highest BCUT2D eigenvalue weighted by Gasteiger charge is 2.46. The average Bonchev–Trinajstić information content (AvgIpc) is 3.08.